The first-order valence-corrected chi connectivity index (χ1v) is 6.65. The molecule has 1 saturated carbocycles. The summed E-state index contributed by atoms with van der Waals surface area (Å²) in [7, 11) is 0. The molecule has 1 aromatic heterocycles. The molecule has 0 radical (unpaired) electrons. The zero-order valence-electron chi connectivity index (χ0n) is 11.1. The van der Waals surface area contributed by atoms with E-state index in [1.807, 2.05) is 4.68 Å². The summed E-state index contributed by atoms with van der Waals surface area (Å²) >= 11 is 0. The highest BCUT2D eigenvalue weighted by Gasteiger charge is 2.19. The minimum Gasteiger partial charge on any atom is -0.370 e. The van der Waals surface area contributed by atoms with Gasteiger partial charge in [0, 0.05) is 19.4 Å². The number of ether oxygens (including phenoxy) is 1. The van der Waals surface area contributed by atoms with Gasteiger partial charge >= 0.3 is 0 Å². The van der Waals surface area contributed by atoms with Crippen molar-refractivity contribution in [3.8, 4) is 0 Å². The SMILES string of the molecule is CC(C)Cn1ncnc1COC1CCC(=O)CC1. The first kappa shape index (κ1) is 13.2. The van der Waals surface area contributed by atoms with E-state index in [9.17, 15) is 4.79 Å². The number of nitrogens with zero attached hydrogens (tertiary/aromatic N) is 3. The van der Waals surface area contributed by atoms with Gasteiger partial charge in [0.25, 0.3) is 0 Å². The number of ketones is 1. The minimum absolute atomic E-state index is 0.201. The van der Waals surface area contributed by atoms with E-state index in [4.69, 9.17) is 4.74 Å². The lowest BCUT2D eigenvalue weighted by atomic mass is 9.96. The predicted octanol–water partition coefficient (Wildman–Crippen LogP) is 1.96. The summed E-state index contributed by atoms with van der Waals surface area (Å²) in [6.07, 6.45) is 4.78. The summed E-state index contributed by atoms with van der Waals surface area (Å²) in [5, 5.41) is 4.20. The highest BCUT2D eigenvalue weighted by molar-refractivity contribution is 5.79. The summed E-state index contributed by atoms with van der Waals surface area (Å²) in [6.45, 7) is 5.66. The minimum atomic E-state index is 0.201. The van der Waals surface area contributed by atoms with Gasteiger partial charge in [0.2, 0.25) is 0 Å². The summed E-state index contributed by atoms with van der Waals surface area (Å²) in [5.74, 6) is 1.77. The van der Waals surface area contributed by atoms with Crippen LogP contribution in [0.15, 0.2) is 6.33 Å². The lowest BCUT2D eigenvalue weighted by Crippen LogP contribution is -2.22. The Kier molecular flexibility index (Phi) is 4.47. The van der Waals surface area contributed by atoms with Crippen LogP contribution in [0.3, 0.4) is 0 Å². The van der Waals surface area contributed by atoms with Crippen molar-refractivity contribution >= 4 is 5.78 Å². The Morgan fingerprint density at radius 1 is 1.44 bits per heavy atom. The van der Waals surface area contributed by atoms with Crippen molar-refractivity contribution in [3.05, 3.63) is 12.2 Å². The van der Waals surface area contributed by atoms with Gasteiger partial charge in [-0.25, -0.2) is 9.67 Å². The maximum absolute atomic E-state index is 11.1. The summed E-state index contributed by atoms with van der Waals surface area (Å²) in [6, 6.07) is 0. The molecule has 0 N–H and O–H groups in total. The van der Waals surface area contributed by atoms with Crippen LogP contribution < -0.4 is 0 Å². The first-order valence-electron chi connectivity index (χ1n) is 6.65. The molecule has 0 atom stereocenters. The van der Waals surface area contributed by atoms with Crippen molar-refractivity contribution in [2.45, 2.75) is 58.8 Å². The molecule has 0 saturated heterocycles. The third-order valence-corrected chi connectivity index (χ3v) is 3.17. The van der Waals surface area contributed by atoms with Gasteiger partial charge in [-0.2, -0.15) is 5.10 Å². The van der Waals surface area contributed by atoms with E-state index in [2.05, 4.69) is 23.9 Å². The Morgan fingerprint density at radius 2 is 2.17 bits per heavy atom. The first-order chi connectivity index (χ1) is 8.65. The molecule has 5 nitrogen and oxygen atoms in total. The standard InChI is InChI=1S/C13H21N3O2/c1-10(2)7-16-13(14-9-15-16)8-18-12-5-3-11(17)4-6-12/h9-10,12H,3-8H2,1-2H3. The molecule has 18 heavy (non-hydrogen) atoms. The van der Waals surface area contributed by atoms with Crippen molar-refractivity contribution < 1.29 is 9.53 Å². The van der Waals surface area contributed by atoms with Gasteiger partial charge in [-0.15, -0.1) is 0 Å². The fraction of sp³-hybridized carbons (Fsp3) is 0.769. The van der Waals surface area contributed by atoms with Crippen molar-refractivity contribution in [2.24, 2.45) is 5.92 Å². The van der Waals surface area contributed by atoms with Crippen LogP contribution in [-0.4, -0.2) is 26.7 Å². The highest BCUT2D eigenvalue weighted by Crippen LogP contribution is 2.19. The molecule has 5 heteroatoms. The molecule has 0 amide bonds. The van der Waals surface area contributed by atoms with Crippen LogP contribution in [0, 0.1) is 5.92 Å². The number of aromatic nitrogens is 3. The summed E-state index contributed by atoms with van der Waals surface area (Å²) < 4.78 is 7.72. The number of hydrogen-bond donors (Lipinski definition) is 0. The van der Waals surface area contributed by atoms with Crippen LogP contribution in [0.2, 0.25) is 0 Å². The van der Waals surface area contributed by atoms with Crippen LogP contribution in [-0.2, 0) is 22.7 Å². The van der Waals surface area contributed by atoms with Crippen molar-refractivity contribution in [2.75, 3.05) is 0 Å². The molecule has 1 aromatic rings. The molecule has 0 bridgehead atoms. The molecule has 1 aliphatic carbocycles. The van der Waals surface area contributed by atoms with E-state index in [-0.39, 0.29) is 6.10 Å². The molecule has 2 rings (SSSR count). The normalized spacial score (nSPS) is 17.6. The van der Waals surface area contributed by atoms with E-state index in [1.165, 1.54) is 0 Å². The third-order valence-electron chi connectivity index (χ3n) is 3.17. The summed E-state index contributed by atoms with van der Waals surface area (Å²) in [4.78, 5) is 15.4. The maximum Gasteiger partial charge on any atom is 0.152 e. The van der Waals surface area contributed by atoms with Gasteiger partial charge < -0.3 is 4.74 Å². The van der Waals surface area contributed by atoms with Crippen LogP contribution in [0.25, 0.3) is 0 Å². The molecule has 1 aliphatic rings. The lowest BCUT2D eigenvalue weighted by Gasteiger charge is -2.21. The number of Topliss-reactive ketones (excluding diaryl/α,β-unsaturated/α-hetero) is 1. The zero-order chi connectivity index (χ0) is 13.0. The molecule has 0 unspecified atom stereocenters. The number of carbonyl (C=O) groups is 1. The average molecular weight is 251 g/mol. The third kappa shape index (κ3) is 3.63. The molecule has 0 aliphatic heterocycles. The highest BCUT2D eigenvalue weighted by atomic mass is 16.5. The van der Waals surface area contributed by atoms with Gasteiger partial charge in [0.05, 0.1) is 6.10 Å². The molecule has 0 aromatic carbocycles. The van der Waals surface area contributed by atoms with Crippen LogP contribution in [0.4, 0.5) is 0 Å². The van der Waals surface area contributed by atoms with Gasteiger partial charge in [0.1, 0.15) is 18.7 Å². The molecule has 0 spiro atoms. The Bertz CT molecular complexity index is 391. The lowest BCUT2D eigenvalue weighted by molar-refractivity contribution is -0.123. The number of rotatable bonds is 5. The van der Waals surface area contributed by atoms with E-state index < -0.39 is 0 Å². The van der Waals surface area contributed by atoms with Crippen molar-refractivity contribution in [3.63, 3.8) is 0 Å². The van der Waals surface area contributed by atoms with E-state index in [0.717, 1.165) is 25.2 Å². The van der Waals surface area contributed by atoms with Crippen LogP contribution in [0.1, 0.15) is 45.4 Å². The maximum atomic E-state index is 11.1. The van der Waals surface area contributed by atoms with Crippen LogP contribution in [0.5, 0.6) is 0 Å². The van der Waals surface area contributed by atoms with E-state index >= 15 is 0 Å². The smallest absolute Gasteiger partial charge is 0.152 e. The zero-order valence-corrected chi connectivity index (χ0v) is 11.1. The number of carbonyl (C=O) groups excluding carboxylic acids is 1. The van der Waals surface area contributed by atoms with Crippen LogP contribution >= 0.6 is 0 Å². The van der Waals surface area contributed by atoms with E-state index in [1.54, 1.807) is 6.33 Å². The Morgan fingerprint density at radius 3 is 2.83 bits per heavy atom. The quantitative estimate of drug-likeness (QED) is 0.802. The monoisotopic (exact) mass is 251 g/mol. The van der Waals surface area contributed by atoms with Gasteiger partial charge in [-0.3, -0.25) is 4.79 Å². The summed E-state index contributed by atoms with van der Waals surface area (Å²) in [5.41, 5.74) is 0. The Hall–Kier alpha value is -1.23. The Labute approximate surface area is 108 Å². The largest absolute Gasteiger partial charge is 0.370 e. The molecule has 1 fully saturated rings. The predicted molar refractivity (Wildman–Crippen MR) is 66.9 cm³/mol. The number of hydrogen-bond acceptors (Lipinski definition) is 4. The fourth-order valence-electron chi connectivity index (χ4n) is 2.17. The second kappa shape index (κ2) is 6.09. The van der Waals surface area contributed by atoms with Gasteiger partial charge in [-0.05, 0) is 18.8 Å². The fourth-order valence-corrected chi connectivity index (χ4v) is 2.17. The average Bonchev–Trinajstić information content (AvgIpc) is 2.75. The second-order valence-electron chi connectivity index (χ2n) is 5.30. The Balaban J connectivity index is 1.82. The molecule has 1 heterocycles. The van der Waals surface area contributed by atoms with Crippen molar-refractivity contribution in [1.29, 1.82) is 0 Å². The molecular formula is C13H21N3O2. The molecular weight excluding hydrogens is 230 g/mol. The van der Waals surface area contributed by atoms with E-state index in [0.29, 0.717) is 31.1 Å². The van der Waals surface area contributed by atoms with Gasteiger partial charge in [-0.1, -0.05) is 13.8 Å². The topological polar surface area (TPSA) is 57.0 Å². The van der Waals surface area contributed by atoms with Gasteiger partial charge in [0.15, 0.2) is 5.82 Å². The molecule has 100 valence electrons. The van der Waals surface area contributed by atoms with Crippen molar-refractivity contribution in [1.82, 2.24) is 14.8 Å². The second-order valence-corrected chi connectivity index (χ2v) is 5.30.